The minimum Gasteiger partial charge on any atom is -0.497 e. The van der Waals surface area contributed by atoms with E-state index in [1.54, 1.807) is 31.4 Å². The standard InChI is InChI=1S/C23H18ClFN4O2S/c1-31-18-6-4-5-15(13-18)22-27-28-23(29(22)17-11-9-16(24)10-12-17)32-14-21(30)26-20-8-3-2-7-19(20)25/h2-13H,14H2,1H3,(H,26,30). The van der Waals surface area contributed by atoms with Crippen molar-refractivity contribution in [2.75, 3.05) is 18.2 Å². The molecule has 4 rings (SSSR count). The predicted molar refractivity (Wildman–Crippen MR) is 124 cm³/mol. The highest BCUT2D eigenvalue weighted by molar-refractivity contribution is 7.99. The van der Waals surface area contributed by atoms with Crippen molar-refractivity contribution >= 4 is 35.0 Å². The molecular weight excluding hydrogens is 451 g/mol. The Labute approximate surface area is 193 Å². The molecule has 1 amide bonds. The smallest absolute Gasteiger partial charge is 0.234 e. The number of thioether (sulfide) groups is 1. The lowest BCUT2D eigenvalue weighted by molar-refractivity contribution is -0.113. The van der Waals surface area contributed by atoms with Gasteiger partial charge in [-0.2, -0.15) is 0 Å². The number of nitrogens with one attached hydrogen (secondary N) is 1. The van der Waals surface area contributed by atoms with Gasteiger partial charge in [-0.3, -0.25) is 9.36 Å². The van der Waals surface area contributed by atoms with Crippen LogP contribution in [0.5, 0.6) is 5.75 Å². The average Bonchev–Trinajstić information content (AvgIpc) is 3.24. The molecular formula is C23H18ClFN4O2S. The summed E-state index contributed by atoms with van der Waals surface area (Å²) in [6.45, 7) is 0. The maximum Gasteiger partial charge on any atom is 0.234 e. The van der Waals surface area contributed by atoms with Gasteiger partial charge in [-0.05, 0) is 48.5 Å². The van der Waals surface area contributed by atoms with Gasteiger partial charge in [0.1, 0.15) is 11.6 Å². The zero-order chi connectivity index (χ0) is 22.5. The van der Waals surface area contributed by atoms with Crippen LogP contribution in [0.4, 0.5) is 10.1 Å². The normalized spacial score (nSPS) is 10.7. The van der Waals surface area contributed by atoms with E-state index in [0.29, 0.717) is 21.8 Å². The third-order valence-electron chi connectivity index (χ3n) is 4.53. The largest absolute Gasteiger partial charge is 0.497 e. The third-order valence-corrected chi connectivity index (χ3v) is 5.71. The molecule has 0 spiro atoms. The Kier molecular flexibility index (Phi) is 6.72. The molecule has 162 valence electrons. The molecule has 0 fully saturated rings. The highest BCUT2D eigenvalue weighted by Gasteiger charge is 2.18. The second-order valence-electron chi connectivity index (χ2n) is 6.67. The number of amides is 1. The van der Waals surface area contributed by atoms with Crippen LogP contribution in [-0.4, -0.2) is 33.5 Å². The van der Waals surface area contributed by atoms with Crippen LogP contribution in [0.15, 0.2) is 78.0 Å². The van der Waals surface area contributed by atoms with Crippen molar-refractivity contribution in [2.45, 2.75) is 5.16 Å². The first-order chi connectivity index (χ1) is 15.5. The van der Waals surface area contributed by atoms with E-state index in [1.165, 1.54) is 23.9 Å². The fourth-order valence-electron chi connectivity index (χ4n) is 3.01. The van der Waals surface area contributed by atoms with Crippen molar-refractivity contribution in [1.82, 2.24) is 14.8 Å². The van der Waals surface area contributed by atoms with Crippen molar-refractivity contribution in [1.29, 1.82) is 0 Å². The molecule has 0 radical (unpaired) electrons. The minimum atomic E-state index is -0.490. The van der Waals surface area contributed by atoms with Crippen molar-refractivity contribution in [2.24, 2.45) is 0 Å². The van der Waals surface area contributed by atoms with Gasteiger partial charge < -0.3 is 10.1 Å². The number of rotatable bonds is 7. The van der Waals surface area contributed by atoms with E-state index in [-0.39, 0.29) is 17.3 Å². The molecule has 0 aliphatic carbocycles. The summed E-state index contributed by atoms with van der Waals surface area (Å²) < 4.78 is 21.0. The molecule has 0 aliphatic heterocycles. The Bertz CT molecular complexity index is 1250. The topological polar surface area (TPSA) is 69.0 Å². The lowest BCUT2D eigenvalue weighted by Crippen LogP contribution is -2.15. The summed E-state index contributed by atoms with van der Waals surface area (Å²) in [5.74, 6) is 0.456. The van der Waals surface area contributed by atoms with Crippen molar-refractivity contribution < 1.29 is 13.9 Å². The van der Waals surface area contributed by atoms with Crippen LogP contribution in [-0.2, 0) is 4.79 Å². The predicted octanol–water partition coefficient (Wildman–Crippen LogP) is 5.47. The molecule has 0 aliphatic rings. The summed E-state index contributed by atoms with van der Waals surface area (Å²) >= 11 is 7.25. The molecule has 0 unspecified atom stereocenters. The van der Waals surface area contributed by atoms with Gasteiger partial charge >= 0.3 is 0 Å². The average molecular weight is 469 g/mol. The first kappa shape index (κ1) is 21.9. The fourth-order valence-corrected chi connectivity index (χ4v) is 3.89. The van der Waals surface area contributed by atoms with Crippen molar-refractivity contribution in [3.8, 4) is 22.8 Å². The number of carbonyl (C=O) groups is 1. The first-order valence-corrected chi connectivity index (χ1v) is 10.9. The van der Waals surface area contributed by atoms with Crippen LogP contribution in [0.1, 0.15) is 0 Å². The van der Waals surface area contributed by atoms with Gasteiger partial charge in [0.25, 0.3) is 0 Å². The number of benzene rings is 3. The Morgan fingerprint density at radius 2 is 1.88 bits per heavy atom. The first-order valence-electron chi connectivity index (χ1n) is 9.58. The van der Waals surface area contributed by atoms with Crippen molar-refractivity contribution in [3.63, 3.8) is 0 Å². The number of halogens is 2. The summed E-state index contributed by atoms with van der Waals surface area (Å²) in [5.41, 5.74) is 1.72. The Morgan fingerprint density at radius 1 is 1.09 bits per heavy atom. The van der Waals surface area contributed by atoms with Gasteiger partial charge in [-0.25, -0.2) is 4.39 Å². The Balaban J connectivity index is 1.63. The van der Waals surface area contributed by atoms with E-state index in [1.807, 2.05) is 41.0 Å². The second-order valence-corrected chi connectivity index (χ2v) is 8.05. The monoisotopic (exact) mass is 468 g/mol. The van der Waals surface area contributed by atoms with E-state index in [2.05, 4.69) is 15.5 Å². The van der Waals surface area contributed by atoms with E-state index in [4.69, 9.17) is 16.3 Å². The van der Waals surface area contributed by atoms with E-state index in [9.17, 15) is 9.18 Å². The highest BCUT2D eigenvalue weighted by atomic mass is 35.5. The van der Waals surface area contributed by atoms with Crippen LogP contribution in [0.25, 0.3) is 17.1 Å². The number of aromatic nitrogens is 3. The lowest BCUT2D eigenvalue weighted by atomic mass is 10.2. The van der Waals surface area contributed by atoms with Crippen LogP contribution in [0.3, 0.4) is 0 Å². The molecule has 1 aromatic heterocycles. The fraction of sp³-hybridized carbons (Fsp3) is 0.0870. The number of hydrogen-bond donors (Lipinski definition) is 1. The van der Waals surface area contributed by atoms with Crippen LogP contribution in [0, 0.1) is 5.82 Å². The minimum absolute atomic E-state index is 0.0260. The number of ether oxygens (including phenoxy) is 1. The highest BCUT2D eigenvalue weighted by Crippen LogP contribution is 2.30. The maximum absolute atomic E-state index is 13.8. The number of carbonyl (C=O) groups excluding carboxylic acids is 1. The number of anilines is 1. The SMILES string of the molecule is COc1cccc(-c2nnc(SCC(=O)Nc3ccccc3F)n2-c2ccc(Cl)cc2)c1. The number of methoxy groups -OCH3 is 1. The van der Waals surface area contributed by atoms with Gasteiger partial charge in [0.2, 0.25) is 5.91 Å². The maximum atomic E-state index is 13.8. The molecule has 32 heavy (non-hydrogen) atoms. The lowest BCUT2D eigenvalue weighted by Gasteiger charge is -2.11. The zero-order valence-corrected chi connectivity index (χ0v) is 18.5. The van der Waals surface area contributed by atoms with Gasteiger partial charge in [0, 0.05) is 16.3 Å². The number of nitrogens with zero attached hydrogens (tertiary/aromatic N) is 3. The molecule has 4 aromatic rings. The third kappa shape index (κ3) is 4.92. The van der Waals surface area contributed by atoms with Gasteiger partial charge in [0.05, 0.1) is 18.6 Å². The molecule has 1 N–H and O–H groups in total. The Morgan fingerprint density at radius 3 is 2.62 bits per heavy atom. The zero-order valence-electron chi connectivity index (χ0n) is 17.0. The van der Waals surface area contributed by atoms with Crippen LogP contribution >= 0.6 is 23.4 Å². The second kappa shape index (κ2) is 9.84. The van der Waals surface area contributed by atoms with Gasteiger partial charge in [0.15, 0.2) is 11.0 Å². The molecule has 0 saturated heterocycles. The number of para-hydroxylation sites is 1. The summed E-state index contributed by atoms with van der Waals surface area (Å²) in [4.78, 5) is 12.4. The molecule has 9 heteroatoms. The number of hydrogen-bond acceptors (Lipinski definition) is 5. The molecule has 6 nitrogen and oxygen atoms in total. The molecule has 0 atom stereocenters. The van der Waals surface area contributed by atoms with Gasteiger partial charge in [-0.1, -0.05) is 47.6 Å². The molecule has 0 bridgehead atoms. The molecule has 0 saturated carbocycles. The molecule has 3 aromatic carbocycles. The van der Waals surface area contributed by atoms with Crippen LogP contribution < -0.4 is 10.1 Å². The quantitative estimate of drug-likeness (QED) is 0.364. The summed E-state index contributed by atoms with van der Waals surface area (Å²) in [7, 11) is 1.60. The summed E-state index contributed by atoms with van der Waals surface area (Å²) in [6.07, 6.45) is 0. The summed E-state index contributed by atoms with van der Waals surface area (Å²) in [5, 5.41) is 12.3. The van der Waals surface area contributed by atoms with E-state index in [0.717, 1.165) is 11.3 Å². The van der Waals surface area contributed by atoms with Gasteiger partial charge in [-0.15, -0.1) is 10.2 Å². The molecule has 1 heterocycles. The van der Waals surface area contributed by atoms with E-state index >= 15 is 0 Å². The Hall–Kier alpha value is -3.36. The van der Waals surface area contributed by atoms with Crippen LogP contribution in [0.2, 0.25) is 5.02 Å². The van der Waals surface area contributed by atoms with E-state index < -0.39 is 5.82 Å². The van der Waals surface area contributed by atoms with Crippen molar-refractivity contribution in [3.05, 3.63) is 83.6 Å². The summed E-state index contributed by atoms with van der Waals surface area (Å²) in [6, 6.07) is 20.7.